The highest BCUT2D eigenvalue weighted by molar-refractivity contribution is 5.88. The van der Waals surface area contributed by atoms with Crippen molar-refractivity contribution in [3.8, 4) is 11.1 Å². The summed E-state index contributed by atoms with van der Waals surface area (Å²) in [6.45, 7) is 11.0. The third kappa shape index (κ3) is 2.61. The molecule has 0 aliphatic carbocycles. The van der Waals surface area contributed by atoms with Gasteiger partial charge in [0.05, 0.1) is 17.9 Å². The van der Waals surface area contributed by atoms with Crippen LogP contribution in [0, 0.1) is 25.1 Å². The normalized spacial score (nSPS) is 15.5. The van der Waals surface area contributed by atoms with Gasteiger partial charge in [-0.05, 0) is 42.7 Å². The van der Waals surface area contributed by atoms with Gasteiger partial charge in [0.1, 0.15) is 12.0 Å². The molecule has 0 saturated heterocycles. The summed E-state index contributed by atoms with van der Waals surface area (Å²) in [6, 6.07) is 17.4. The van der Waals surface area contributed by atoms with E-state index in [-0.39, 0.29) is 11.9 Å². The van der Waals surface area contributed by atoms with Gasteiger partial charge >= 0.3 is 0 Å². The van der Waals surface area contributed by atoms with Crippen LogP contribution >= 0.6 is 0 Å². The van der Waals surface area contributed by atoms with Crippen molar-refractivity contribution in [1.82, 2.24) is 0 Å². The van der Waals surface area contributed by atoms with Crippen molar-refractivity contribution in [3.05, 3.63) is 83.2 Å². The lowest BCUT2D eigenvalue weighted by molar-refractivity contribution is 0.594. The summed E-state index contributed by atoms with van der Waals surface area (Å²) >= 11 is 0. The van der Waals surface area contributed by atoms with E-state index in [2.05, 4.69) is 4.85 Å². The highest BCUT2D eigenvalue weighted by Crippen LogP contribution is 2.49. The molecule has 0 saturated carbocycles. The zero-order valence-corrected chi connectivity index (χ0v) is 15.9. The molecule has 0 unspecified atom stereocenters. The van der Waals surface area contributed by atoms with Gasteiger partial charge in [0, 0.05) is 12.7 Å². The molecule has 3 aromatic rings. The van der Waals surface area contributed by atoms with E-state index in [0.29, 0.717) is 5.69 Å². The van der Waals surface area contributed by atoms with Gasteiger partial charge in [0.2, 0.25) is 0 Å². The summed E-state index contributed by atoms with van der Waals surface area (Å²) < 4.78 is 29.3. The minimum absolute atomic E-state index is 0.227. The number of rotatable bonds is 2. The monoisotopic (exact) mass is 375 g/mol. The van der Waals surface area contributed by atoms with E-state index in [0.717, 1.165) is 22.4 Å². The molecule has 0 amide bonds. The maximum absolute atomic E-state index is 14.9. The SMILES string of the molecule is [C-]#[N+]c1c(F)cc2c(c1F)N(C)[C@H](C)N2c1cc(-c2ccccc2)ccc1C. The molecule has 4 rings (SSSR count). The van der Waals surface area contributed by atoms with Gasteiger partial charge in [-0.1, -0.05) is 42.5 Å². The number of hydrogen-bond donors (Lipinski definition) is 0. The van der Waals surface area contributed by atoms with E-state index < -0.39 is 17.3 Å². The van der Waals surface area contributed by atoms with Crippen molar-refractivity contribution in [1.29, 1.82) is 0 Å². The van der Waals surface area contributed by atoms with Crippen molar-refractivity contribution >= 4 is 22.7 Å². The average Bonchev–Trinajstić information content (AvgIpc) is 2.94. The van der Waals surface area contributed by atoms with Crippen LogP contribution in [0.5, 0.6) is 0 Å². The van der Waals surface area contributed by atoms with Crippen molar-refractivity contribution in [2.24, 2.45) is 0 Å². The first-order valence-corrected chi connectivity index (χ1v) is 9.01. The number of anilines is 3. The Balaban J connectivity index is 1.92. The van der Waals surface area contributed by atoms with E-state index in [1.165, 1.54) is 6.07 Å². The molecule has 0 fully saturated rings. The van der Waals surface area contributed by atoms with Crippen molar-refractivity contribution < 1.29 is 8.78 Å². The molecule has 1 aliphatic heterocycles. The first-order chi connectivity index (χ1) is 13.4. The molecule has 0 aromatic heterocycles. The number of benzene rings is 3. The second kappa shape index (κ2) is 6.65. The fourth-order valence-corrected chi connectivity index (χ4v) is 3.78. The van der Waals surface area contributed by atoms with Crippen LogP contribution in [0.15, 0.2) is 54.6 Å². The minimum Gasteiger partial charge on any atom is -0.351 e. The predicted molar refractivity (Wildman–Crippen MR) is 109 cm³/mol. The van der Waals surface area contributed by atoms with Crippen LogP contribution in [0.4, 0.5) is 31.5 Å². The summed E-state index contributed by atoms with van der Waals surface area (Å²) in [7, 11) is 1.76. The highest BCUT2D eigenvalue weighted by Gasteiger charge is 2.37. The fourth-order valence-electron chi connectivity index (χ4n) is 3.78. The molecule has 5 heteroatoms. The van der Waals surface area contributed by atoms with Gasteiger partial charge in [-0.25, -0.2) is 13.6 Å². The molecule has 1 atom stereocenters. The van der Waals surface area contributed by atoms with E-state index in [1.807, 2.05) is 67.3 Å². The summed E-state index contributed by atoms with van der Waals surface area (Å²) in [5, 5.41) is 0. The summed E-state index contributed by atoms with van der Waals surface area (Å²) in [5.41, 5.74) is 4.12. The number of halogens is 2. The standard InChI is InChI=1S/C23H19F2N3/c1-14-10-11-17(16-8-6-5-7-9-16)12-19(14)28-15(2)27(4)23-20(28)13-18(24)22(26-3)21(23)25/h5-13,15H,1-2,4H3/t15-/m0/s1. The van der Waals surface area contributed by atoms with E-state index in [4.69, 9.17) is 6.57 Å². The predicted octanol–water partition coefficient (Wildman–Crippen LogP) is 6.42. The van der Waals surface area contributed by atoms with Gasteiger partial charge in [-0.2, -0.15) is 0 Å². The highest BCUT2D eigenvalue weighted by atomic mass is 19.1. The molecule has 1 aliphatic rings. The molecule has 0 radical (unpaired) electrons. The number of aryl methyl sites for hydroxylation is 1. The molecule has 3 nitrogen and oxygen atoms in total. The zero-order chi connectivity index (χ0) is 20.0. The van der Waals surface area contributed by atoms with Gasteiger partial charge < -0.3 is 9.80 Å². The second-order valence-electron chi connectivity index (χ2n) is 6.98. The zero-order valence-electron chi connectivity index (χ0n) is 15.9. The topological polar surface area (TPSA) is 10.8 Å². The van der Waals surface area contributed by atoms with E-state index in [9.17, 15) is 8.78 Å². The Bertz CT molecular complexity index is 1100. The molecular formula is C23H19F2N3. The number of nitrogens with zero attached hydrogens (tertiary/aromatic N) is 3. The minimum atomic E-state index is -0.837. The van der Waals surface area contributed by atoms with Crippen LogP contribution in [0.3, 0.4) is 0 Å². The smallest absolute Gasteiger partial charge is 0.259 e. The Morgan fingerprint density at radius 2 is 1.68 bits per heavy atom. The summed E-state index contributed by atoms with van der Waals surface area (Å²) in [5.74, 6) is -1.64. The molecule has 0 N–H and O–H groups in total. The maximum atomic E-state index is 14.9. The Labute approximate surface area is 163 Å². The number of fused-ring (bicyclic) bond motifs is 1. The quantitative estimate of drug-likeness (QED) is 0.478. The lowest BCUT2D eigenvalue weighted by Crippen LogP contribution is -2.36. The van der Waals surface area contributed by atoms with E-state index >= 15 is 0 Å². The Kier molecular flexibility index (Phi) is 4.27. The van der Waals surface area contributed by atoms with Crippen molar-refractivity contribution in [2.75, 3.05) is 16.8 Å². The largest absolute Gasteiger partial charge is 0.351 e. The van der Waals surface area contributed by atoms with Crippen LogP contribution in [0.2, 0.25) is 0 Å². The molecule has 0 bridgehead atoms. The Hall–Kier alpha value is -3.39. The third-order valence-electron chi connectivity index (χ3n) is 5.38. The van der Waals surface area contributed by atoms with Crippen LogP contribution in [0.1, 0.15) is 12.5 Å². The van der Waals surface area contributed by atoms with Crippen LogP contribution in [-0.2, 0) is 0 Å². The van der Waals surface area contributed by atoms with Crippen molar-refractivity contribution in [3.63, 3.8) is 0 Å². The van der Waals surface area contributed by atoms with Gasteiger partial charge in [-0.15, -0.1) is 0 Å². The van der Waals surface area contributed by atoms with E-state index in [1.54, 1.807) is 11.9 Å². The first-order valence-electron chi connectivity index (χ1n) is 9.01. The average molecular weight is 375 g/mol. The molecule has 28 heavy (non-hydrogen) atoms. The molecular weight excluding hydrogens is 356 g/mol. The molecule has 0 spiro atoms. The lowest BCUT2D eigenvalue weighted by atomic mass is 10.0. The third-order valence-corrected chi connectivity index (χ3v) is 5.38. The van der Waals surface area contributed by atoms with Gasteiger partial charge in [0.15, 0.2) is 5.82 Å². The van der Waals surface area contributed by atoms with Gasteiger partial charge in [0.25, 0.3) is 5.69 Å². The Morgan fingerprint density at radius 1 is 0.964 bits per heavy atom. The maximum Gasteiger partial charge on any atom is 0.259 e. The first kappa shape index (κ1) is 18.0. The van der Waals surface area contributed by atoms with Crippen molar-refractivity contribution in [2.45, 2.75) is 20.0 Å². The summed E-state index contributed by atoms with van der Waals surface area (Å²) in [6.07, 6.45) is -0.227. The Morgan fingerprint density at radius 3 is 2.36 bits per heavy atom. The molecule has 3 aromatic carbocycles. The number of hydrogen-bond acceptors (Lipinski definition) is 2. The fraction of sp³-hybridized carbons (Fsp3) is 0.174. The second-order valence-corrected chi connectivity index (χ2v) is 6.98. The summed E-state index contributed by atoms with van der Waals surface area (Å²) in [4.78, 5) is 6.70. The van der Waals surface area contributed by atoms with Crippen LogP contribution in [-0.4, -0.2) is 13.2 Å². The lowest BCUT2D eigenvalue weighted by Gasteiger charge is -2.29. The molecule has 1 heterocycles. The van der Waals surface area contributed by atoms with Crippen LogP contribution < -0.4 is 9.80 Å². The van der Waals surface area contributed by atoms with Gasteiger partial charge in [-0.3, -0.25) is 0 Å². The molecule has 140 valence electrons. The van der Waals surface area contributed by atoms with Crippen LogP contribution in [0.25, 0.3) is 16.0 Å².